The molecule has 0 radical (unpaired) electrons. The summed E-state index contributed by atoms with van der Waals surface area (Å²) in [4.78, 5) is 5.03. The number of nitrogens with one attached hydrogen (secondary N) is 1. The lowest BCUT2D eigenvalue weighted by atomic mass is 9.95. The molecule has 3 heteroatoms. The topological polar surface area (TPSA) is 24.4 Å². The van der Waals surface area contributed by atoms with E-state index >= 15 is 0 Å². The molecule has 0 amide bonds. The van der Waals surface area contributed by atoms with Gasteiger partial charge in [0.15, 0.2) is 5.17 Å². The first-order valence-electron chi connectivity index (χ1n) is 7.17. The van der Waals surface area contributed by atoms with Crippen LogP contribution >= 0.6 is 11.8 Å². The van der Waals surface area contributed by atoms with E-state index in [2.05, 4.69) is 19.2 Å². The molecule has 1 saturated heterocycles. The average molecular weight is 252 g/mol. The lowest BCUT2D eigenvalue weighted by Gasteiger charge is -2.35. The molecule has 3 rings (SSSR count). The van der Waals surface area contributed by atoms with Crippen LogP contribution in [0, 0.1) is 11.8 Å². The van der Waals surface area contributed by atoms with E-state index in [1.165, 1.54) is 49.4 Å². The van der Waals surface area contributed by atoms with Gasteiger partial charge in [-0.1, -0.05) is 25.1 Å². The fraction of sp³-hybridized carbons (Fsp3) is 0.929. The Morgan fingerprint density at radius 3 is 2.94 bits per heavy atom. The number of fused-ring (bicyclic) bond motifs is 2. The largest absolute Gasteiger partial charge is 0.360 e. The van der Waals surface area contributed by atoms with E-state index in [0.717, 1.165) is 11.8 Å². The number of nitrogens with zero attached hydrogens (tertiary/aromatic N) is 1. The standard InChI is InChI=1S/C14H24N2S/c1-3-14(2)6-7-17-13(16-14)15-12-9-10-4-5-11(12)8-10/h10-12H,3-9H2,1-2H3,(H,15,16). The van der Waals surface area contributed by atoms with Crippen molar-refractivity contribution in [1.29, 1.82) is 0 Å². The fourth-order valence-corrected chi connectivity index (χ4v) is 4.86. The summed E-state index contributed by atoms with van der Waals surface area (Å²) in [5.41, 5.74) is 0.293. The lowest BCUT2D eigenvalue weighted by molar-refractivity contribution is 0.383. The van der Waals surface area contributed by atoms with Crippen LogP contribution in [-0.2, 0) is 0 Å². The van der Waals surface area contributed by atoms with Crippen molar-refractivity contribution in [1.82, 2.24) is 5.32 Å². The maximum Gasteiger partial charge on any atom is 0.157 e. The van der Waals surface area contributed by atoms with Gasteiger partial charge in [-0.15, -0.1) is 0 Å². The normalized spacial score (nSPS) is 47.4. The summed E-state index contributed by atoms with van der Waals surface area (Å²) in [6.07, 6.45) is 8.19. The van der Waals surface area contributed by atoms with Gasteiger partial charge in [-0.25, -0.2) is 0 Å². The third kappa shape index (κ3) is 2.35. The Bertz CT molecular complexity index is 328. The molecule has 1 heterocycles. The molecule has 2 saturated carbocycles. The zero-order valence-electron chi connectivity index (χ0n) is 11.0. The second kappa shape index (κ2) is 4.49. The summed E-state index contributed by atoms with van der Waals surface area (Å²) in [7, 11) is 0. The van der Waals surface area contributed by atoms with Gasteiger partial charge in [0.1, 0.15) is 0 Å². The number of aliphatic imine (C=N–C) groups is 1. The monoisotopic (exact) mass is 252 g/mol. The number of hydrogen-bond donors (Lipinski definition) is 1. The molecule has 3 fully saturated rings. The van der Waals surface area contributed by atoms with Crippen molar-refractivity contribution in [2.45, 2.75) is 64.0 Å². The Balaban J connectivity index is 1.67. The predicted molar refractivity (Wildman–Crippen MR) is 75.6 cm³/mol. The smallest absolute Gasteiger partial charge is 0.157 e. The maximum absolute atomic E-state index is 5.03. The molecule has 0 aromatic rings. The molecule has 4 atom stereocenters. The average Bonchev–Trinajstić information content (AvgIpc) is 2.91. The first-order chi connectivity index (χ1) is 8.18. The first-order valence-corrected chi connectivity index (χ1v) is 8.16. The quantitative estimate of drug-likeness (QED) is 0.814. The molecule has 2 bridgehead atoms. The van der Waals surface area contributed by atoms with Crippen molar-refractivity contribution in [3.8, 4) is 0 Å². The number of hydrogen-bond acceptors (Lipinski definition) is 2. The number of rotatable bonds is 2. The zero-order valence-corrected chi connectivity index (χ0v) is 11.9. The van der Waals surface area contributed by atoms with E-state index < -0.39 is 0 Å². The van der Waals surface area contributed by atoms with Crippen LogP contribution in [0.3, 0.4) is 0 Å². The number of amidine groups is 1. The third-order valence-corrected chi connectivity index (χ3v) is 5.95. The van der Waals surface area contributed by atoms with Crippen LogP contribution in [-0.4, -0.2) is 22.5 Å². The van der Waals surface area contributed by atoms with E-state index in [1.807, 2.05) is 11.8 Å². The lowest BCUT2D eigenvalue weighted by Crippen LogP contribution is -2.48. The van der Waals surface area contributed by atoms with Crippen LogP contribution < -0.4 is 5.32 Å². The summed E-state index contributed by atoms with van der Waals surface area (Å²) in [6, 6.07) is 0.642. The van der Waals surface area contributed by atoms with Crippen molar-refractivity contribution in [3.05, 3.63) is 0 Å². The van der Waals surface area contributed by atoms with Gasteiger partial charge in [-0.2, -0.15) is 0 Å². The highest BCUT2D eigenvalue weighted by molar-refractivity contribution is 8.13. The zero-order chi connectivity index (χ0) is 11.9. The molecule has 1 N–H and O–H groups in total. The van der Waals surface area contributed by atoms with Crippen LogP contribution in [0.15, 0.2) is 4.99 Å². The molecule has 0 aromatic carbocycles. The van der Waals surface area contributed by atoms with Gasteiger partial charge >= 0.3 is 0 Å². The van der Waals surface area contributed by atoms with Gasteiger partial charge in [0.05, 0.1) is 6.04 Å². The van der Waals surface area contributed by atoms with Gasteiger partial charge in [0.25, 0.3) is 0 Å². The van der Waals surface area contributed by atoms with Gasteiger partial charge in [-0.05, 0) is 50.9 Å². The molecule has 2 nitrogen and oxygen atoms in total. The summed E-state index contributed by atoms with van der Waals surface area (Å²) in [6.45, 7) is 4.61. The molecule has 96 valence electrons. The Labute approximate surface area is 109 Å². The van der Waals surface area contributed by atoms with Gasteiger partial charge in [0.2, 0.25) is 0 Å². The highest BCUT2D eigenvalue weighted by Crippen LogP contribution is 2.46. The molecule has 3 aliphatic rings. The van der Waals surface area contributed by atoms with Crippen molar-refractivity contribution < 1.29 is 0 Å². The Hall–Kier alpha value is -0.180. The molecular weight excluding hydrogens is 228 g/mol. The Morgan fingerprint density at radius 2 is 2.29 bits per heavy atom. The van der Waals surface area contributed by atoms with E-state index in [4.69, 9.17) is 4.99 Å². The second-order valence-corrected chi connectivity index (χ2v) is 7.40. The summed E-state index contributed by atoms with van der Waals surface area (Å²) >= 11 is 1.93. The van der Waals surface area contributed by atoms with E-state index in [0.29, 0.717) is 11.6 Å². The van der Waals surface area contributed by atoms with Gasteiger partial charge in [0, 0.05) is 11.3 Å². The van der Waals surface area contributed by atoms with Crippen LogP contribution in [0.5, 0.6) is 0 Å². The molecule has 1 aliphatic heterocycles. The van der Waals surface area contributed by atoms with Crippen LogP contribution in [0.2, 0.25) is 0 Å². The van der Waals surface area contributed by atoms with Crippen molar-refractivity contribution in [3.63, 3.8) is 0 Å². The van der Waals surface area contributed by atoms with Gasteiger partial charge in [-0.3, -0.25) is 4.99 Å². The molecule has 2 aliphatic carbocycles. The Kier molecular flexibility index (Phi) is 3.14. The minimum Gasteiger partial charge on any atom is -0.360 e. The first kappa shape index (κ1) is 11.9. The summed E-state index contributed by atoms with van der Waals surface area (Å²) < 4.78 is 0. The highest BCUT2D eigenvalue weighted by Gasteiger charge is 2.40. The predicted octanol–water partition coefficient (Wildman–Crippen LogP) is 3.43. The van der Waals surface area contributed by atoms with Crippen molar-refractivity contribution in [2.24, 2.45) is 16.8 Å². The van der Waals surface area contributed by atoms with E-state index in [1.54, 1.807) is 0 Å². The minimum absolute atomic E-state index is 0.293. The Morgan fingerprint density at radius 1 is 1.41 bits per heavy atom. The molecular formula is C14H24N2S. The van der Waals surface area contributed by atoms with Crippen molar-refractivity contribution in [2.75, 3.05) is 5.75 Å². The van der Waals surface area contributed by atoms with Crippen LogP contribution in [0.25, 0.3) is 0 Å². The highest BCUT2D eigenvalue weighted by atomic mass is 32.2. The van der Waals surface area contributed by atoms with Crippen molar-refractivity contribution >= 4 is 16.9 Å². The minimum atomic E-state index is 0.293. The second-order valence-electron chi connectivity index (χ2n) is 6.31. The molecule has 4 unspecified atom stereocenters. The third-order valence-electron chi connectivity index (χ3n) is 5.07. The van der Waals surface area contributed by atoms with E-state index in [9.17, 15) is 0 Å². The fourth-order valence-electron chi connectivity index (χ4n) is 3.58. The summed E-state index contributed by atoms with van der Waals surface area (Å²) in [5, 5.41) is 4.91. The SMILES string of the molecule is CCC1(C)CCSC(=NC2CC3CCC2C3)N1. The molecule has 17 heavy (non-hydrogen) atoms. The summed E-state index contributed by atoms with van der Waals surface area (Å²) in [5.74, 6) is 3.14. The number of thioether (sulfide) groups is 1. The molecule has 0 aromatic heterocycles. The maximum atomic E-state index is 5.03. The molecule has 0 spiro atoms. The van der Waals surface area contributed by atoms with Gasteiger partial charge < -0.3 is 5.32 Å². The van der Waals surface area contributed by atoms with Crippen LogP contribution in [0.1, 0.15) is 52.4 Å². The van der Waals surface area contributed by atoms with E-state index in [-0.39, 0.29) is 0 Å². The van der Waals surface area contributed by atoms with Crippen LogP contribution in [0.4, 0.5) is 0 Å².